The van der Waals surface area contributed by atoms with Gasteiger partial charge in [0.15, 0.2) is 0 Å². The minimum absolute atomic E-state index is 0.00930. The molecular formula is C13H18F2N2OS. The van der Waals surface area contributed by atoms with Crippen LogP contribution in [0.3, 0.4) is 0 Å². The zero-order valence-electron chi connectivity index (χ0n) is 11.2. The van der Waals surface area contributed by atoms with Gasteiger partial charge in [-0.05, 0) is 25.3 Å². The van der Waals surface area contributed by atoms with Crippen molar-refractivity contribution >= 4 is 23.4 Å². The molecule has 0 fully saturated rings. The van der Waals surface area contributed by atoms with Crippen LogP contribution in [-0.4, -0.2) is 30.5 Å². The highest BCUT2D eigenvalue weighted by molar-refractivity contribution is 7.99. The number of hydrogen-bond donors (Lipinski definition) is 2. The van der Waals surface area contributed by atoms with Gasteiger partial charge in [-0.25, -0.2) is 8.78 Å². The molecule has 0 aromatic heterocycles. The molecule has 0 saturated carbocycles. The monoisotopic (exact) mass is 288 g/mol. The molecule has 0 aliphatic carbocycles. The number of benzene rings is 1. The molecule has 3 nitrogen and oxygen atoms in total. The van der Waals surface area contributed by atoms with E-state index in [0.29, 0.717) is 13.1 Å². The Hall–Kier alpha value is -1.30. The number of carbonyl (C=O) groups excluding carboxylic acids is 1. The molecule has 19 heavy (non-hydrogen) atoms. The summed E-state index contributed by atoms with van der Waals surface area (Å²) < 4.78 is 27.3. The third-order valence-electron chi connectivity index (χ3n) is 2.61. The van der Waals surface area contributed by atoms with E-state index in [1.165, 1.54) is 0 Å². The van der Waals surface area contributed by atoms with E-state index < -0.39 is 17.5 Å². The van der Waals surface area contributed by atoms with Gasteiger partial charge in [0, 0.05) is 23.9 Å². The largest absolute Gasteiger partial charge is 0.381 e. The van der Waals surface area contributed by atoms with Gasteiger partial charge < -0.3 is 10.6 Å². The quantitative estimate of drug-likeness (QED) is 0.845. The maximum atomic E-state index is 13.6. The van der Waals surface area contributed by atoms with Gasteiger partial charge in [0.25, 0.3) is 5.91 Å². The Morgan fingerprint density at radius 2 is 1.95 bits per heavy atom. The van der Waals surface area contributed by atoms with Crippen molar-refractivity contribution in [3.63, 3.8) is 0 Å². The average molecular weight is 288 g/mol. The van der Waals surface area contributed by atoms with Crippen LogP contribution in [0.15, 0.2) is 12.1 Å². The zero-order chi connectivity index (χ0) is 14.4. The Balaban J connectivity index is 2.81. The first-order valence-electron chi connectivity index (χ1n) is 6.03. The van der Waals surface area contributed by atoms with Gasteiger partial charge >= 0.3 is 0 Å². The molecule has 1 aromatic carbocycles. The Morgan fingerprint density at radius 1 is 1.37 bits per heavy atom. The summed E-state index contributed by atoms with van der Waals surface area (Å²) in [7, 11) is 0. The first kappa shape index (κ1) is 15.8. The van der Waals surface area contributed by atoms with E-state index in [2.05, 4.69) is 10.6 Å². The van der Waals surface area contributed by atoms with Crippen LogP contribution in [0.2, 0.25) is 0 Å². The Kier molecular flexibility index (Phi) is 6.08. The number of anilines is 1. The van der Waals surface area contributed by atoms with Crippen LogP contribution < -0.4 is 10.6 Å². The van der Waals surface area contributed by atoms with Crippen molar-refractivity contribution in [3.05, 3.63) is 29.3 Å². The second-order valence-electron chi connectivity index (χ2n) is 4.10. The molecule has 0 saturated heterocycles. The van der Waals surface area contributed by atoms with E-state index in [1.54, 1.807) is 18.7 Å². The van der Waals surface area contributed by atoms with E-state index >= 15 is 0 Å². The van der Waals surface area contributed by atoms with Gasteiger partial charge in [-0.3, -0.25) is 4.79 Å². The van der Waals surface area contributed by atoms with E-state index in [1.807, 2.05) is 13.2 Å². The lowest BCUT2D eigenvalue weighted by atomic mass is 10.1. The summed E-state index contributed by atoms with van der Waals surface area (Å²) in [6.45, 7) is 4.56. The minimum Gasteiger partial charge on any atom is -0.381 e. The van der Waals surface area contributed by atoms with Crippen molar-refractivity contribution in [2.45, 2.75) is 19.1 Å². The molecule has 6 heteroatoms. The summed E-state index contributed by atoms with van der Waals surface area (Å²) in [6, 6.07) is 2.08. The molecule has 1 amide bonds. The van der Waals surface area contributed by atoms with Crippen LogP contribution in [0.1, 0.15) is 24.2 Å². The van der Waals surface area contributed by atoms with Gasteiger partial charge in [-0.15, -0.1) is 0 Å². The minimum atomic E-state index is -0.759. The molecule has 0 aliphatic rings. The molecule has 1 atom stereocenters. The molecule has 2 N–H and O–H groups in total. The third kappa shape index (κ3) is 4.38. The summed E-state index contributed by atoms with van der Waals surface area (Å²) in [5.41, 5.74) is -0.207. The summed E-state index contributed by atoms with van der Waals surface area (Å²) in [5.74, 6) is -1.99. The molecule has 0 aliphatic heterocycles. The molecule has 1 aromatic rings. The lowest BCUT2D eigenvalue weighted by Crippen LogP contribution is -2.29. The van der Waals surface area contributed by atoms with Gasteiger partial charge in [0.2, 0.25) is 0 Å². The van der Waals surface area contributed by atoms with Crippen LogP contribution >= 0.6 is 11.8 Å². The van der Waals surface area contributed by atoms with Crippen molar-refractivity contribution in [2.75, 3.05) is 24.7 Å². The average Bonchev–Trinajstić information content (AvgIpc) is 2.39. The van der Waals surface area contributed by atoms with Gasteiger partial charge in [-0.2, -0.15) is 11.8 Å². The lowest BCUT2D eigenvalue weighted by Gasteiger charge is -2.11. The van der Waals surface area contributed by atoms with Crippen LogP contribution in [0.25, 0.3) is 0 Å². The molecule has 0 heterocycles. The molecule has 1 rings (SSSR count). The standard InChI is InChI=1S/C13H18F2N2OS/c1-4-16-12-10(14)5-9(6-11(12)15)13(18)17-7-8(2)19-3/h5-6,8,16H,4,7H2,1-3H3,(H,17,18). The summed E-state index contributed by atoms with van der Waals surface area (Å²) in [6.07, 6.45) is 1.93. The molecule has 0 spiro atoms. The van der Waals surface area contributed by atoms with Crippen LogP contribution in [0.5, 0.6) is 0 Å². The predicted molar refractivity (Wildman–Crippen MR) is 75.8 cm³/mol. The third-order valence-corrected chi connectivity index (χ3v) is 3.58. The SMILES string of the molecule is CCNc1c(F)cc(C(=O)NCC(C)SC)cc1F. The molecule has 0 radical (unpaired) electrons. The fourth-order valence-corrected chi connectivity index (χ4v) is 1.72. The summed E-state index contributed by atoms with van der Waals surface area (Å²) in [4.78, 5) is 11.8. The molecule has 106 valence electrons. The first-order chi connectivity index (χ1) is 8.99. The van der Waals surface area contributed by atoms with Crippen molar-refractivity contribution in [2.24, 2.45) is 0 Å². The topological polar surface area (TPSA) is 41.1 Å². The van der Waals surface area contributed by atoms with Crippen LogP contribution in [0, 0.1) is 11.6 Å². The molecule has 0 bridgehead atoms. The highest BCUT2D eigenvalue weighted by atomic mass is 32.2. The molecule has 1 unspecified atom stereocenters. The smallest absolute Gasteiger partial charge is 0.251 e. The fraction of sp³-hybridized carbons (Fsp3) is 0.462. The van der Waals surface area contributed by atoms with Crippen molar-refractivity contribution in [3.8, 4) is 0 Å². The van der Waals surface area contributed by atoms with Crippen LogP contribution in [0.4, 0.5) is 14.5 Å². The second-order valence-corrected chi connectivity index (χ2v) is 5.38. The maximum Gasteiger partial charge on any atom is 0.251 e. The van der Waals surface area contributed by atoms with E-state index in [0.717, 1.165) is 12.1 Å². The number of nitrogens with one attached hydrogen (secondary N) is 2. The lowest BCUT2D eigenvalue weighted by molar-refractivity contribution is 0.0953. The Morgan fingerprint density at radius 3 is 2.42 bits per heavy atom. The van der Waals surface area contributed by atoms with Gasteiger partial charge in [-0.1, -0.05) is 6.92 Å². The maximum absolute atomic E-state index is 13.6. The van der Waals surface area contributed by atoms with Gasteiger partial charge in [0.05, 0.1) is 0 Å². The van der Waals surface area contributed by atoms with E-state index in [4.69, 9.17) is 0 Å². The van der Waals surface area contributed by atoms with Crippen molar-refractivity contribution < 1.29 is 13.6 Å². The second kappa shape index (κ2) is 7.33. The normalized spacial score (nSPS) is 12.1. The number of amides is 1. The number of halogens is 2. The highest BCUT2D eigenvalue weighted by Gasteiger charge is 2.15. The van der Waals surface area contributed by atoms with E-state index in [-0.39, 0.29) is 16.5 Å². The fourth-order valence-electron chi connectivity index (χ4n) is 1.47. The zero-order valence-corrected chi connectivity index (χ0v) is 12.0. The molecular weight excluding hydrogens is 270 g/mol. The van der Waals surface area contributed by atoms with Crippen LogP contribution in [-0.2, 0) is 0 Å². The van der Waals surface area contributed by atoms with E-state index in [9.17, 15) is 13.6 Å². The number of thioether (sulfide) groups is 1. The predicted octanol–water partition coefficient (Wildman–Crippen LogP) is 2.88. The van der Waals surface area contributed by atoms with Gasteiger partial charge in [0.1, 0.15) is 17.3 Å². The highest BCUT2D eigenvalue weighted by Crippen LogP contribution is 2.20. The Bertz CT molecular complexity index is 431. The summed E-state index contributed by atoms with van der Waals surface area (Å²) in [5, 5.41) is 5.48. The number of hydrogen-bond acceptors (Lipinski definition) is 3. The van der Waals surface area contributed by atoms with Crippen molar-refractivity contribution in [1.29, 1.82) is 0 Å². The summed E-state index contributed by atoms with van der Waals surface area (Å²) >= 11 is 1.60. The number of rotatable bonds is 6. The number of carbonyl (C=O) groups is 1. The Labute approximate surface area is 116 Å². The van der Waals surface area contributed by atoms with Crippen molar-refractivity contribution in [1.82, 2.24) is 5.32 Å². The first-order valence-corrected chi connectivity index (χ1v) is 7.32.